The van der Waals surface area contributed by atoms with Crippen LogP contribution in [0.5, 0.6) is 0 Å². The quantitative estimate of drug-likeness (QED) is 0.653. The van der Waals surface area contributed by atoms with Crippen molar-refractivity contribution in [2.75, 3.05) is 0 Å². The van der Waals surface area contributed by atoms with E-state index in [0.29, 0.717) is 19.3 Å². The smallest absolute Gasteiger partial charge is 0.306 e. The third-order valence-corrected chi connectivity index (χ3v) is 2.81. The lowest BCUT2D eigenvalue weighted by molar-refractivity contribution is -0.142. The monoisotopic (exact) mass is 216 g/mol. The SMILES string of the molecule is CCC(CCC(CC)C(=O)O)CC(=O)O. The molecular formula is C11H20O4. The van der Waals surface area contributed by atoms with Crippen LogP contribution in [-0.2, 0) is 9.59 Å². The number of carboxylic acid groups (broad SMARTS) is 2. The minimum absolute atomic E-state index is 0.107. The van der Waals surface area contributed by atoms with E-state index < -0.39 is 11.9 Å². The molecule has 88 valence electrons. The number of carboxylic acids is 2. The number of aliphatic carboxylic acids is 2. The molecule has 0 saturated heterocycles. The zero-order valence-electron chi connectivity index (χ0n) is 9.40. The van der Waals surface area contributed by atoms with Crippen LogP contribution in [-0.4, -0.2) is 22.2 Å². The van der Waals surface area contributed by atoms with Gasteiger partial charge in [0.2, 0.25) is 0 Å². The van der Waals surface area contributed by atoms with E-state index in [1.54, 1.807) is 0 Å². The summed E-state index contributed by atoms with van der Waals surface area (Å²) in [6.45, 7) is 3.78. The highest BCUT2D eigenvalue weighted by molar-refractivity contribution is 5.69. The predicted octanol–water partition coefficient (Wildman–Crippen LogP) is 2.38. The summed E-state index contributed by atoms with van der Waals surface area (Å²) in [7, 11) is 0. The Hall–Kier alpha value is -1.06. The predicted molar refractivity (Wildman–Crippen MR) is 56.7 cm³/mol. The topological polar surface area (TPSA) is 74.6 Å². The van der Waals surface area contributed by atoms with Crippen molar-refractivity contribution in [3.8, 4) is 0 Å². The molecule has 2 unspecified atom stereocenters. The first-order valence-corrected chi connectivity index (χ1v) is 5.45. The molecule has 15 heavy (non-hydrogen) atoms. The van der Waals surface area contributed by atoms with Crippen molar-refractivity contribution in [1.29, 1.82) is 0 Å². The van der Waals surface area contributed by atoms with Gasteiger partial charge in [-0.15, -0.1) is 0 Å². The zero-order chi connectivity index (χ0) is 11.8. The van der Waals surface area contributed by atoms with E-state index in [0.717, 1.165) is 6.42 Å². The molecule has 2 atom stereocenters. The molecule has 0 heterocycles. The summed E-state index contributed by atoms with van der Waals surface area (Å²) in [5, 5.41) is 17.5. The maximum absolute atomic E-state index is 10.7. The lowest BCUT2D eigenvalue weighted by Crippen LogP contribution is -2.15. The lowest BCUT2D eigenvalue weighted by atomic mass is 9.90. The van der Waals surface area contributed by atoms with E-state index >= 15 is 0 Å². The molecule has 0 aromatic carbocycles. The Morgan fingerprint density at radius 2 is 1.67 bits per heavy atom. The summed E-state index contributed by atoms with van der Waals surface area (Å²) in [6.07, 6.45) is 2.82. The molecule has 0 aromatic heterocycles. The van der Waals surface area contributed by atoms with Gasteiger partial charge < -0.3 is 10.2 Å². The Balaban J connectivity index is 3.97. The number of hydrogen-bond acceptors (Lipinski definition) is 2. The van der Waals surface area contributed by atoms with Gasteiger partial charge in [0.1, 0.15) is 0 Å². The summed E-state index contributed by atoms with van der Waals surface area (Å²) in [5.74, 6) is -1.79. The lowest BCUT2D eigenvalue weighted by Gasteiger charge is -2.15. The first-order chi connectivity index (χ1) is 7.01. The first kappa shape index (κ1) is 13.9. The van der Waals surface area contributed by atoms with Crippen LogP contribution in [0.4, 0.5) is 0 Å². The zero-order valence-corrected chi connectivity index (χ0v) is 9.40. The molecule has 0 bridgehead atoms. The average Bonchev–Trinajstić information content (AvgIpc) is 2.15. The summed E-state index contributed by atoms with van der Waals surface area (Å²) >= 11 is 0. The van der Waals surface area contributed by atoms with Crippen LogP contribution in [0.15, 0.2) is 0 Å². The molecule has 0 amide bonds. The van der Waals surface area contributed by atoms with Gasteiger partial charge in [-0.3, -0.25) is 9.59 Å². The third-order valence-electron chi connectivity index (χ3n) is 2.81. The van der Waals surface area contributed by atoms with Crippen molar-refractivity contribution in [1.82, 2.24) is 0 Å². The number of hydrogen-bond donors (Lipinski definition) is 2. The molecule has 0 fully saturated rings. The summed E-state index contributed by atoms with van der Waals surface area (Å²) in [6, 6.07) is 0. The van der Waals surface area contributed by atoms with Crippen LogP contribution in [0.25, 0.3) is 0 Å². The van der Waals surface area contributed by atoms with E-state index in [1.807, 2.05) is 13.8 Å². The fourth-order valence-electron chi connectivity index (χ4n) is 1.64. The van der Waals surface area contributed by atoms with Crippen LogP contribution in [0, 0.1) is 11.8 Å². The minimum atomic E-state index is -0.801. The normalized spacial score (nSPS) is 14.5. The first-order valence-electron chi connectivity index (χ1n) is 5.45. The molecule has 0 aliphatic carbocycles. The summed E-state index contributed by atoms with van der Waals surface area (Å²) in [4.78, 5) is 21.2. The Morgan fingerprint density at radius 1 is 1.07 bits per heavy atom. The van der Waals surface area contributed by atoms with Gasteiger partial charge in [0.05, 0.1) is 5.92 Å². The standard InChI is InChI=1S/C11H20O4/c1-3-8(7-10(12)13)5-6-9(4-2)11(14)15/h8-9H,3-7H2,1-2H3,(H,12,13)(H,14,15). The summed E-state index contributed by atoms with van der Waals surface area (Å²) in [5.41, 5.74) is 0. The van der Waals surface area contributed by atoms with Gasteiger partial charge in [0, 0.05) is 6.42 Å². The Labute approximate surface area is 90.3 Å². The fraction of sp³-hybridized carbons (Fsp3) is 0.818. The Kier molecular flexibility index (Phi) is 6.75. The van der Waals surface area contributed by atoms with Gasteiger partial charge in [-0.05, 0) is 25.2 Å². The van der Waals surface area contributed by atoms with E-state index in [-0.39, 0.29) is 18.3 Å². The second-order valence-corrected chi connectivity index (χ2v) is 3.89. The van der Waals surface area contributed by atoms with Crippen LogP contribution >= 0.6 is 0 Å². The number of carbonyl (C=O) groups is 2. The average molecular weight is 216 g/mol. The molecule has 0 spiro atoms. The van der Waals surface area contributed by atoms with Crippen molar-refractivity contribution in [2.24, 2.45) is 11.8 Å². The summed E-state index contributed by atoms with van der Waals surface area (Å²) < 4.78 is 0. The van der Waals surface area contributed by atoms with Gasteiger partial charge in [-0.2, -0.15) is 0 Å². The molecule has 0 radical (unpaired) electrons. The van der Waals surface area contributed by atoms with Crippen LogP contribution in [0.1, 0.15) is 46.0 Å². The third kappa shape index (κ3) is 6.10. The highest BCUT2D eigenvalue weighted by Crippen LogP contribution is 2.20. The fourth-order valence-corrected chi connectivity index (χ4v) is 1.64. The molecule has 0 aliphatic rings. The molecule has 4 nitrogen and oxygen atoms in total. The van der Waals surface area contributed by atoms with Crippen molar-refractivity contribution in [2.45, 2.75) is 46.0 Å². The van der Waals surface area contributed by atoms with Crippen molar-refractivity contribution in [3.63, 3.8) is 0 Å². The molecule has 0 aromatic rings. The largest absolute Gasteiger partial charge is 0.481 e. The molecular weight excluding hydrogens is 196 g/mol. The van der Waals surface area contributed by atoms with Crippen molar-refractivity contribution in [3.05, 3.63) is 0 Å². The second kappa shape index (κ2) is 7.26. The molecule has 0 saturated carbocycles. The second-order valence-electron chi connectivity index (χ2n) is 3.89. The van der Waals surface area contributed by atoms with E-state index in [9.17, 15) is 9.59 Å². The van der Waals surface area contributed by atoms with Gasteiger partial charge in [-0.1, -0.05) is 20.3 Å². The van der Waals surface area contributed by atoms with Gasteiger partial charge in [-0.25, -0.2) is 0 Å². The van der Waals surface area contributed by atoms with E-state index in [2.05, 4.69) is 0 Å². The highest BCUT2D eigenvalue weighted by atomic mass is 16.4. The highest BCUT2D eigenvalue weighted by Gasteiger charge is 2.18. The maximum atomic E-state index is 10.7. The van der Waals surface area contributed by atoms with Gasteiger partial charge in [0.15, 0.2) is 0 Å². The molecule has 4 heteroatoms. The van der Waals surface area contributed by atoms with Gasteiger partial charge in [0.25, 0.3) is 0 Å². The van der Waals surface area contributed by atoms with Crippen molar-refractivity contribution >= 4 is 11.9 Å². The van der Waals surface area contributed by atoms with E-state index in [1.165, 1.54) is 0 Å². The maximum Gasteiger partial charge on any atom is 0.306 e. The molecule has 0 aliphatic heterocycles. The van der Waals surface area contributed by atoms with Gasteiger partial charge >= 0.3 is 11.9 Å². The van der Waals surface area contributed by atoms with E-state index in [4.69, 9.17) is 10.2 Å². The van der Waals surface area contributed by atoms with Crippen molar-refractivity contribution < 1.29 is 19.8 Å². The molecule has 2 N–H and O–H groups in total. The number of rotatable bonds is 8. The molecule has 0 rings (SSSR count). The van der Waals surface area contributed by atoms with Crippen LogP contribution in [0.3, 0.4) is 0 Å². The Morgan fingerprint density at radius 3 is 2.00 bits per heavy atom. The Bertz CT molecular complexity index is 213. The van der Waals surface area contributed by atoms with Crippen LogP contribution < -0.4 is 0 Å². The van der Waals surface area contributed by atoms with Crippen LogP contribution in [0.2, 0.25) is 0 Å². The minimum Gasteiger partial charge on any atom is -0.481 e.